The Hall–Kier alpha value is -0.860. The number of hydrogen-bond acceptors (Lipinski definition) is 2. The monoisotopic (exact) mass is 204 g/mol. The highest BCUT2D eigenvalue weighted by atomic mass is 15.1. The largest absolute Gasteiger partial charge is 0.324 e. The molecule has 0 aliphatic heterocycles. The SMILES string of the molecule is Cc1ccccc1CN(C)CC1(N)CC1. The Balaban J connectivity index is 1.93. The molecule has 0 aromatic heterocycles. The zero-order valence-corrected chi connectivity index (χ0v) is 9.66. The van der Waals surface area contributed by atoms with E-state index < -0.39 is 0 Å². The highest BCUT2D eigenvalue weighted by Crippen LogP contribution is 2.32. The molecule has 0 saturated heterocycles. The van der Waals surface area contributed by atoms with Gasteiger partial charge in [0.05, 0.1) is 0 Å². The molecular formula is C13H20N2. The minimum atomic E-state index is 0.122. The molecule has 2 nitrogen and oxygen atoms in total. The van der Waals surface area contributed by atoms with Crippen LogP contribution in [0.2, 0.25) is 0 Å². The number of rotatable bonds is 4. The van der Waals surface area contributed by atoms with Crippen LogP contribution >= 0.6 is 0 Å². The third kappa shape index (κ3) is 2.80. The van der Waals surface area contributed by atoms with Crippen molar-refractivity contribution in [3.05, 3.63) is 35.4 Å². The van der Waals surface area contributed by atoms with Crippen molar-refractivity contribution in [2.45, 2.75) is 31.8 Å². The number of hydrogen-bond donors (Lipinski definition) is 1. The second-order valence-electron chi connectivity index (χ2n) is 4.96. The average molecular weight is 204 g/mol. The van der Waals surface area contributed by atoms with E-state index in [2.05, 4.69) is 43.1 Å². The Bertz CT molecular complexity index is 342. The molecule has 15 heavy (non-hydrogen) atoms. The van der Waals surface area contributed by atoms with Gasteiger partial charge < -0.3 is 10.6 Å². The molecule has 1 saturated carbocycles. The summed E-state index contributed by atoms with van der Waals surface area (Å²) in [4.78, 5) is 2.33. The second-order valence-corrected chi connectivity index (χ2v) is 4.96. The van der Waals surface area contributed by atoms with Gasteiger partial charge in [-0.25, -0.2) is 0 Å². The summed E-state index contributed by atoms with van der Waals surface area (Å²) < 4.78 is 0. The first-order valence-electron chi connectivity index (χ1n) is 5.61. The Labute approximate surface area is 92.1 Å². The summed E-state index contributed by atoms with van der Waals surface area (Å²) in [6.07, 6.45) is 2.37. The zero-order valence-electron chi connectivity index (χ0n) is 9.66. The smallest absolute Gasteiger partial charge is 0.0284 e. The van der Waals surface area contributed by atoms with Gasteiger partial charge in [-0.3, -0.25) is 0 Å². The number of nitrogens with zero attached hydrogens (tertiary/aromatic N) is 1. The van der Waals surface area contributed by atoms with Gasteiger partial charge in [0, 0.05) is 18.6 Å². The zero-order chi connectivity index (χ0) is 10.9. The van der Waals surface area contributed by atoms with Crippen molar-refractivity contribution < 1.29 is 0 Å². The van der Waals surface area contributed by atoms with E-state index in [1.54, 1.807) is 0 Å². The molecule has 1 fully saturated rings. The highest BCUT2D eigenvalue weighted by molar-refractivity contribution is 5.25. The summed E-state index contributed by atoms with van der Waals surface area (Å²) >= 11 is 0. The first-order valence-corrected chi connectivity index (χ1v) is 5.61. The van der Waals surface area contributed by atoms with Gasteiger partial charge in [0.25, 0.3) is 0 Å². The summed E-state index contributed by atoms with van der Waals surface area (Å²) in [5.74, 6) is 0. The molecule has 0 spiro atoms. The van der Waals surface area contributed by atoms with Crippen LogP contribution in [0.1, 0.15) is 24.0 Å². The fourth-order valence-electron chi connectivity index (χ4n) is 1.99. The normalized spacial score (nSPS) is 18.1. The van der Waals surface area contributed by atoms with E-state index in [0.29, 0.717) is 0 Å². The van der Waals surface area contributed by atoms with Crippen LogP contribution in [0.15, 0.2) is 24.3 Å². The number of aryl methyl sites for hydroxylation is 1. The van der Waals surface area contributed by atoms with Crippen molar-refractivity contribution >= 4 is 0 Å². The molecule has 0 bridgehead atoms. The lowest BCUT2D eigenvalue weighted by Crippen LogP contribution is -2.36. The molecule has 1 aliphatic rings. The average Bonchev–Trinajstić information content (AvgIpc) is 2.87. The van der Waals surface area contributed by atoms with Crippen LogP contribution in [-0.2, 0) is 6.54 Å². The minimum Gasteiger partial charge on any atom is -0.324 e. The quantitative estimate of drug-likeness (QED) is 0.812. The molecule has 0 radical (unpaired) electrons. The van der Waals surface area contributed by atoms with E-state index in [0.717, 1.165) is 13.1 Å². The Morgan fingerprint density at radius 3 is 2.60 bits per heavy atom. The van der Waals surface area contributed by atoms with E-state index in [4.69, 9.17) is 5.73 Å². The number of benzene rings is 1. The van der Waals surface area contributed by atoms with Gasteiger partial charge >= 0.3 is 0 Å². The number of nitrogens with two attached hydrogens (primary N) is 1. The molecule has 0 unspecified atom stereocenters. The topological polar surface area (TPSA) is 29.3 Å². The predicted octanol–water partition coefficient (Wildman–Crippen LogP) is 1.92. The van der Waals surface area contributed by atoms with Crippen molar-refractivity contribution in [2.24, 2.45) is 5.73 Å². The van der Waals surface area contributed by atoms with Crippen LogP contribution in [0.3, 0.4) is 0 Å². The molecule has 2 heteroatoms. The van der Waals surface area contributed by atoms with Crippen LogP contribution < -0.4 is 5.73 Å². The summed E-state index contributed by atoms with van der Waals surface area (Å²) in [5.41, 5.74) is 8.99. The fourth-order valence-corrected chi connectivity index (χ4v) is 1.99. The Kier molecular flexibility index (Phi) is 2.81. The van der Waals surface area contributed by atoms with Crippen LogP contribution in [0, 0.1) is 6.92 Å². The van der Waals surface area contributed by atoms with Gasteiger partial charge in [-0.05, 0) is 37.9 Å². The van der Waals surface area contributed by atoms with Gasteiger partial charge in [-0.1, -0.05) is 24.3 Å². The third-order valence-electron chi connectivity index (χ3n) is 3.18. The minimum absolute atomic E-state index is 0.122. The lowest BCUT2D eigenvalue weighted by molar-refractivity contribution is 0.295. The molecule has 2 rings (SSSR count). The van der Waals surface area contributed by atoms with Crippen LogP contribution in [0.4, 0.5) is 0 Å². The fraction of sp³-hybridized carbons (Fsp3) is 0.538. The van der Waals surface area contributed by atoms with Crippen molar-refractivity contribution in [1.82, 2.24) is 4.90 Å². The third-order valence-corrected chi connectivity index (χ3v) is 3.18. The summed E-state index contributed by atoms with van der Waals surface area (Å²) in [5, 5.41) is 0. The molecule has 2 N–H and O–H groups in total. The van der Waals surface area contributed by atoms with Gasteiger partial charge in [-0.2, -0.15) is 0 Å². The maximum atomic E-state index is 6.10. The van der Waals surface area contributed by atoms with Crippen LogP contribution in [0.5, 0.6) is 0 Å². The van der Waals surface area contributed by atoms with E-state index >= 15 is 0 Å². The molecule has 0 atom stereocenters. The first kappa shape index (κ1) is 10.7. The first-order chi connectivity index (χ1) is 7.09. The predicted molar refractivity (Wildman–Crippen MR) is 63.7 cm³/mol. The van der Waals surface area contributed by atoms with Gasteiger partial charge in [0.15, 0.2) is 0 Å². The maximum Gasteiger partial charge on any atom is 0.0284 e. The standard InChI is InChI=1S/C13H20N2/c1-11-5-3-4-6-12(11)9-15(2)10-13(14)7-8-13/h3-6H,7-10,14H2,1-2H3. The highest BCUT2D eigenvalue weighted by Gasteiger charge is 2.38. The van der Waals surface area contributed by atoms with Crippen molar-refractivity contribution in [3.8, 4) is 0 Å². The molecule has 0 heterocycles. The number of likely N-dealkylation sites (N-methyl/N-ethyl adjacent to an activating group) is 1. The van der Waals surface area contributed by atoms with Gasteiger partial charge in [0.1, 0.15) is 0 Å². The molecule has 1 aromatic rings. The lowest BCUT2D eigenvalue weighted by atomic mass is 10.1. The Morgan fingerprint density at radius 2 is 2.00 bits per heavy atom. The molecule has 1 aromatic carbocycles. The van der Waals surface area contributed by atoms with Crippen LogP contribution in [0.25, 0.3) is 0 Å². The van der Waals surface area contributed by atoms with E-state index in [1.165, 1.54) is 24.0 Å². The van der Waals surface area contributed by atoms with Gasteiger partial charge in [-0.15, -0.1) is 0 Å². The second kappa shape index (κ2) is 3.95. The summed E-state index contributed by atoms with van der Waals surface area (Å²) in [6, 6.07) is 8.55. The molecule has 82 valence electrons. The Morgan fingerprint density at radius 1 is 1.33 bits per heavy atom. The van der Waals surface area contributed by atoms with E-state index in [-0.39, 0.29) is 5.54 Å². The molecular weight excluding hydrogens is 184 g/mol. The van der Waals surface area contributed by atoms with Crippen molar-refractivity contribution in [1.29, 1.82) is 0 Å². The van der Waals surface area contributed by atoms with E-state index in [1.807, 2.05) is 0 Å². The lowest BCUT2D eigenvalue weighted by Gasteiger charge is -2.21. The van der Waals surface area contributed by atoms with Gasteiger partial charge in [0.2, 0.25) is 0 Å². The summed E-state index contributed by atoms with van der Waals surface area (Å²) in [6.45, 7) is 4.19. The van der Waals surface area contributed by atoms with Crippen molar-refractivity contribution in [3.63, 3.8) is 0 Å². The maximum absolute atomic E-state index is 6.10. The summed E-state index contributed by atoms with van der Waals surface area (Å²) in [7, 11) is 2.15. The van der Waals surface area contributed by atoms with E-state index in [9.17, 15) is 0 Å². The molecule has 0 amide bonds. The molecule has 1 aliphatic carbocycles. The van der Waals surface area contributed by atoms with Crippen LogP contribution in [-0.4, -0.2) is 24.0 Å². The van der Waals surface area contributed by atoms with Crippen molar-refractivity contribution in [2.75, 3.05) is 13.6 Å².